The normalized spacial score (nSPS) is 10.5. The summed E-state index contributed by atoms with van der Waals surface area (Å²) in [5, 5.41) is 9.65. The molecule has 0 aliphatic rings. The third kappa shape index (κ3) is 3.13. The number of allylic oxidation sites excluding steroid dienone is 1. The number of hydrogen-bond donors (Lipinski definition) is 1. The second-order valence-corrected chi connectivity index (χ2v) is 3.83. The Hall–Kier alpha value is -2.75. The van der Waals surface area contributed by atoms with Crippen molar-refractivity contribution in [3.05, 3.63) is 76.2 Å². The van der Waals surface area contributed by atoms with Crippen molar-refractivity contribution in [3.63, 3.8) is 0 Å². The fourth-order valence-electron chi connectivity index (χ4n) is 1.52. The van der Waals surface area contributed by atoms with Gasteiger partial charge in [0.15, 0.2) is 11.5 Å². The summed E-state index contributed by atoms with van der Waals surface area (Å²) < 4.78 is 0. The summed E-state index contributed by atoms with van der Waals surface area (Å²) in [7, 11) is 0. The maximum atomic E-state index is 11.9. The molecule has 94 valence electrons. The summed E-state index contributed by atoms with van der Waals surface area (Å²) in [6.07, 6.45) is 6.11. The van der Waals surface area contributed by atoms with Gasteiger partial charge >= 0.3 is 0 Å². The molecule has 19 heavy (non-hydrogen) atoms. The lowest BCUT2D eigenvalue weighted by atomic mass is 10.1. The first-order valence-corrected chi connectivity index (χ1v) is 5.63. The minimum atomic E-state index is -0.580. The van der Waals surface area contributed by atoms with Crippen molar-refractivity contribution in [3.8, 4) is 5.75 Å². The number of nitrogens with zero attached hydrogens (tertiary/aromatic N) is 1. The third-order valence-electron chi connectivity index (χ3n) is 2.49. The van der Waals surface area contributed by atoms with Crippen LogP contribution in [0.5, 0.6) is 5.75 Å². The highest BCUT2D eigenvalue weighted by molar-refractivity contribution is 6.08. The maximum absolute atomic E-state index is 11.9. The van der Waals surface area contributed by atoms with E-state index >= 15 is 0 Å². The van der Waals surface area contributed by atoms with Gasteiger partial charge in [0, 0.05) is 12.4 Å². The van der Waals surface area contributed by atoms with Crippen LogP contribution in [0.4, 0.5) is 0 Å². The van der Waals surface area contributed by atoms with Crippen LogP contribution in [0.1, 0.15) is 15.9 Å². The summed E-state index contributed by atoms with van der Waals surface area (Å²) >= 11 is 0. The Kier molecular flexibility index (Phi) is 3.83. The molecule has 1 aromatic carbocycles. The fourth-order valence-corrected chi connectivity index (χ4v) is 1.52. The Morgan fingerprint density at radius 2 is 1.95 bits per heavy atom. The van der Waals surface area contributed by atoms with E-state index in [1.54, 1.807) is 30.6 Å². The highest BCUT2D eigenvalue weighted by atomic mass is 16.3. The second kappa shape index (κ2) is 5.73. The topological polar surface area (TPSA) is 67.3 Å². The van der Waals surface area contributed by atoms with E-state index in [0.717, 1.165) is 5.56 Å². The molecule has 0 spiro atoms. The number of aromatic nitrogens is 1. The molecule has 0 saturated heterocycles. The van der Waals surface area contributed by atoms with Crippen LogP contribution in [-0.2, 0) is 0 Å². The van der Waals surface area contributed by atoms with Crippen LogP contribution in [0, 0.1) is 0 Å². The summed E-state index contributed by atoms with van der Waals surface area (Å²) in [6, 6.07) is 9.17. The van der Waals surface area contributed by atoms with Crippen LogP contribution in [0.15, 0.2) is 59.7 Å². The number of carbonyl (C=O) groups is 1. The Balaban J connectivity index is 2.32. The zero-order chi connectivity index (χ0) is 13.7. The van der Waals surface area contributed by atoms with Gasteiger partial charge in [-0.15, -0.1) is 0 Å². The van der Waals surface area contributed by atoms with Gasteiger partial charge in [-0.05, 0) is 35.9 Å². The average Bonchev–Trinajstić information content (AvgIpc) is 2.60. The van der Waals surface area contributed by atoms with E-state index in [4.69, 9.17) is 0 Å². The predicted molar refractivity (Wildman–Crippen MR) is 72.0 cm³/mol. The van der Waals surface area contributed by atoms with Crippen LogP contribution in [-0.4, -0.2) is 15.9 Å². The molecule has 2 aromatic rings. The van der Waals surface area contributed by atoms with Crippen molar-refractivity contribution in [2.24, 2.45) is 0 Å². The smallest absolute Gasteiger partial charge is 0.220 e. The van der Waals surface area contributed by atoms with Crippen LogP contribution >= 0.6 is 0 Å². The van der Waals surface area contributed by atoms with Gasteiger partial charge in [-0.2, -0.15) is 0 Å². The van der Waals surface area contributed by atoms with Crippen LogP contribution < -0.4 is 5.43 Å². The minimum absolute atomic E-state index is 0.0184. The highest BCUT2D eigenvalue weighted by Crippen LogP contribution is 2.12. The molecule has 1 aromatic heterocycles. The molecule has 0 aliphatic carbocycles. The molecule has 1 heterocycles. The van der Waals surface area contributed by atoms with Gasteiger partial charge in [-0.1, -0.05) is 18.2 Å². The molecule has 0 radical (unpaired) electrons. The molecule has 1 N–H and O–H groups in total. The zero-order valence-corrected chi connectivity index (χ0v) is 9.98. The molecule has 0 saturated carbocycles. The maximum Gasteiger partial charge on any atom is 0.220 e. The first kappa shape index (κ1) is 12.7. The highest BCUT2D eigenvalue weighted by Gasteiger charge is 2.08. The van der Waals surface area contributed by atoms with Crippen molar-refractivity contribution >= 4 is 11.9 Å². The monoisotopic (exact) mass is 253 g/mol. The molecule has 0 atom stereocenters. The Morgan fingerprint density at radius 1 is 1.16 bits per heavy atom. The summed E-state index contributed by atoms with van der Waals surface area (Å²) in [5.74, 6) is -0.972. The van der Waals surface area contributed by atoms with E-state index in [1.165, 1.54) is 30.3 Å². The van der Waals surface area contributed by atoms with E-state index in [9.17, 15) is 14.7 Å². The number of rotatable bonds is 3. The lowest BCUT2D eigenvalue weighted by Gasteiger charge is -1.95. The number of pyridine rings is 1. The molecule has 4 heteroatoms. The molecular formula is C15H11NO3. The molecular weight excluding hydrogens is 242 g/mol. The van der Waals surface area contributed by atoms with Crippen molar-refractivity contribution < 1.29 is 9.90 Å². The Labute approximate surface area is 109 Å². The Bertz CT molecular complexity index is 678. The summed E-state index contributed by atoms with van der Waals surface area (Å²) in [4.78, 5) is 27.2. The lowest BCUT2D eigenvalue weighted by molar-refractivity contribution is 0.104. The van der Waals surface area contributed by atoms with Crippen molar-refractivity contribution in [2.45, 2.75) is 0 Å². The molecule has 0 unspecified atom stereocenters. The number of hydrogen-bond acceptors (Lipinski definition) is 4. The SMILES string of the molecule is O=C(/C=C\c1cccnc1)c1ccccc(=O)c1O. The van der Waals surface area contributed by atoms with Crippen LogP contribution in [0.2, 0.25) is 0 Å². The third-order valence-corrected chi connectivity index (χ3v) is 2.49. The fraction of sp³-hybridized carbons (Fsp3) is 0. The first-order valence-electron chi connectivity index (χ1n) is 5.63. The van der Waals surface area contributed by atoms with Gasteiger partial charge in [0.25, 0.3) is 0 Å². The zero-order valence-electron chi connectivity index (χ0n) is 9.98. The van der Waals surface area contributed by atoms with Crippen LogP contribution in [0.3, 0.4) is 0 Å². The van der Waals surface area contributed by atoms with E-state index in [-0.39, 0.29) is 5.56 Å². The van der Waals surface area contributed by atoms with E-state index < -0.39 is 17.0 Å². The molecule has 2 rings (SSSR count). The Morgan fingerprint density at radius 3 is 2.68 bits per heavy atom. The van der Waals surface area contributed by atoms with Gasteiger partial charge < -0.3 is 5.11 Å². The number of ketones is 1. The molecule has 0 bridgehead atoms. The van der Waals surface area contributed by atoms with E-state index in [2.05, 4.69) is 4.98 Å². The molecule has 0 fully saturated rings. The number of carbonyl (C=O) groups excluding carboxylic acids is 1. The van der Waals surface area contributed by atoms with Gasteiger partial charge in [0.1, 0.15) is 0 Å². The van der Waals surface area contributed by atoms with E-state index in [1.807, 2.05) is 0 Å². The van der Waals surface area contributed by atoms with Crippen molar-refractivity contribution in [1.82, 2.24) is 4.98 Å². The van der Waals surface area contributed by atoms with Gasteiger partial charge in [0.05, 0.1) is 5.56 Å². The quantitative estimate of drug-likeness (QED) is 0.671. The number of aromatic hydroxyl groups is 1. The first-order chi connectivity index (χ1) is 9.18. The summed E-state index contributed by atoms with van der Waals surface area (Å²) in [5.41, 5.74) is 0.163. The van der Waals surface area contributed by atoms with Gasteiger partial charge in [-0.3, -0.25) is 14.6 Å². The second-order valence-electron chi connectivity index (χ2n) is 3.83. The molecule has 0 amide bonds. The minimum Gasteiger partial charge on any atom is -0.504 e. The standard InChI is InChI=1S/C15H11NO3/c17-13(8-7-11-4-3-9-16-10-11)12-5-1-2-6-14(18)15(12)19/h1-10H,(H,18,19)/b8-7-. The average molecular weight is 253 g/mol. The van der Waals surface area contributed by atoms with Crippen molar-refractivity contribution in [1.29, 1.82) is 0 Å². The van der Waals surface area contributed by atoms with Crippen LogP contribution in [0.25, 0.3) is 6.08 Å². The summed E-state index contributed by atoms with van der Waals surface area (Å²) in [6.45, 7) is 0. The molecule has 0 aliphatic heterocycles. The lowest BCUT2D eigenvalue weighted by Crippen LogP contribution is -2.01. The van der Waals surface area contributed by atoms with Gasteiger partial charge in [0.2, 0.25) is 5.43 Å². The molecule has 4 nitrogen and oxygen atoms in total. The van der Waals surface area contributed by atoms with Crippen molar-refractivity contribution in [2.75, 3.05) is 0 Å². The predicted octanol–water partition coefficient (Wildman–Crippen LogP) is 2.04. The van der Waals surface area contributed by atoms with Gasteiger partial charge in [-0.25, -0.2) is 0 Å². The largest absolute Gasteiger partial charge is 0.504 e. The van der Waals surface area contributed by atoms with E-state index in [0.29, 0.717) is 0 Å².